The van der Waals surface area contributed by atoms with E-state index in [1.807, 2.05) is 19.1 Å². The molecule has 0 saturated carbocycles. The summed E-state index contributed by atoms with van der Waals surface area (Å²) < 4.78 is 0. The largest absolute Gasteiger partial charge is 0.313 e. The molecule has 2 rings (SSSR count). The maximum Gasteiger partial charge on any atom is 0.251 e. The molecule has 2 aromatic heterocycles. The predicted octanol–water partition coefficient (Wildman–Crippen LogP) is 1.14. The number of nitrogens with one attached hydrogen (secondary N) is 1. The molecule has 0 aliphatic heterocycles. The third-order valence-corrected chi connectivity index (χ3v) is 1.89. The van der Waals surface area contributed by atoms with E-state index in [2.05, 4.69) is 15.0 Å². The third-order valence-electron chi connectivity index (χ3n) is 1.89. The average Bonchev–Trinajstić information content (AvgIpc) is 2.19. The van der Waals surface area contributed by atoms with Crippen LogP contribution in [-0.4, -0.2) is 15.0 Å². The van der Waals surface area contributed by atoms with Gasteiger partial charge in [-0.2, -0.15) is 0 Å². The van der Waals surface area contributed by atoms with Crippen molar-refractivity contribution in [2.75, 3.05) is 0 Å². The summed E-state index contributed by atoms with van der Waals surface area (Å²) in [5, 5.41) is 0. The minimum Gasteiger partial charge on any atom is -0.313 e. The lowest BCUT2D eigenvalue weighted by molar-refractivity contribution is 1.11. The van der Waals surface area contributed by atoms with E-state index in [1.54, 1.807) is 6.20 Å². The Kier molecular flexibility index (Phi) is 2.10. The SMILES string of the molecule is Cc1ccc(-c2cc(=O)[nH]cn2)cn1. The van der Waals surface area contributed by atoms with Gasteiger partial charge in [0.05, 0.1) is 12.0 Å². The molecule has 1 N–H and O–H groups in total. The molecule has 70 valence electrons. The van der Waals surface area contributed by atoms with Crippen molar-refractivity contribution in [3.05, 3.63) is 46.8 Å². The van der Waals surface area contributed by atoms with Crippen molar-refractivity contribution < 1.29 is 0 Å². The van der Waals surface area contributed by atoms with Crippen LogP contribution in [0.5, 0.6) is 0 Å². The molecule has 0 saturated heterocycles. The van der Waals surface area contributed by atoms with E-state index in [0.29, 0.717) is 5.69 Å². The Labute approximate surface area is 80.7 Å². The molecule has 4 heteroatoms. The van der Waals surface area contributed by atoms with Crippen LogP contribution in [0.25, 0.3) is 11.3 Å². The van der Waals surface area contributed by atoms with Gasteiger partial charge in [0.1, 0.15) is 0 Å². The Hall–Kier alpha value is -1.97. The highest BCUT2D eigenvalue weighted by molar-refractivity contribution is 5.56. The second-order valence-electron chi connectivity index (χ2n) is 2.98. The smallest absolute Gasteiger partial charge is 0.251 e. The van der Waals surface area contributed by atoms with Gasteiger partial charge in [0.15, 0.2) is 0 Å². The van der Waals surface area contributed by atoms with Crippen LogP contribution in [0.2, 0.25) is 0 Å². The van der Waals surface area contributed by atoms with Crippen molar-refractivity contribution in [3.63, 3.8) is 0 Å². The Bertz CT molecular complexity index is 487. The van der Waals surface area contributed by atoms with Crippen LogP contribution in [-0.2, 0) is 0 Å². The van der Waals surface area contributed by atoms with Gasteiger partial charge in [-0.1, -0.05) is 0 Å². The number of H-pyrrole nitrogens is 1. The molecule has 0 unspecified atom stereocenters. The third kappa shape index (κ3) is 1.69. The lowest BCUT2D eigenvalue weighted by Crippen LogP contribution is -2.04. The normalized spacial score (nSPS) is 10.1. The van der Waals surface area contributed by atoms with Gasteiger partial charge in [0.25, 0.3) is 5.56 Å². The summed E-state index contributed by atoms with van der Waals surface area (Å²) in [5.74, 6) is 0. The number of aromatic amines is 1. The average molecular weight is 187 g/mol. The van der Waals surface area contributed by atoms with Crippen LogP contribution >= 0.6 is 0 Å². The van der Waals surface area contributed by atoms with Gasteiger partial charge in [-0.3, -0.25) is 9.78 Å². The molecule has 0 radical (unpaired) electrons. The summed E-state index contributed by atoms with van der Waals surface area (Å²) >= 11 is 0. The van der Waals surface area contributed by atoms with Gasteiger partial charge >= 0.3 is 0 Å². The zero-order valence-electron chi connectivity index (χ0n) is 7.69. The Morgan fingerprint density at radius 3 is 2.79 bits per heavy atom. The van der Waals surface area contributed by atoms with E-state index in [1.165, 1.54) is 12.4 Å². The van der Waals surface area contributed by atoms with Gasteiger partial charge in [-0.25, -0.2) is 4.98 Å². The summed E-state index contributed by atoms with van der Waals surface area (Å²) in [6, 6.07) is 5.23. The molecule has 0 fully saturated rings. The van der Waals surface area contributed by atoms with Crippen molar-refractivity contribution in [2.45, 2.75) is 6.92 Å². The van der Waals surface area contributed by atoms with Crippen molar-refractivity contribution in [1.29, 1.82) is 0 Å². The molecule has 2 heterocycles. The molecule has 14 heavy (non-hydrogen) atoms. The number of nitrogens with zero attached hydrogens (tertiary/aromatic N) is 2. The van der Waals surface area contributed by atoms with Crippen LogP contribution in [0.15, 0.2) is 35.5 Å². The van der Waals surface area contributed by atoms with E-state index >= 15 is 0 Å². The lowest BCUT2D eigenvalue weighted by atomic mass is 10.2. The van der Waals surface area contributed by atoms with E-state index in [-0.39, 0.29) is 5.56 Å². The number of aryl methyl sites for hydroxylation is 1. The van der Waals surface area contributed by atoms with Crippen LogP contribution in [0.1, 0.15) is 5.69 Å². The van der Waals surface area contributed by atoms with Crippen molar-refractivity contribution in [3.8, 4) is 11.3 Å². The second-order valence-corrected chi connectivity index (χ2v) is 2.98. The van der Waals surface area contributed by atoms with Gasteiger partial charge in [-0.15, -0.1) is 0 Å². The zero-order chi connectivity index (χ0) is 9.97. The minimum absolute atomic E-state index is 0.157. The van der Waals surface area contributed by atoms with Gasteiger partial charge in [0, 0.05) is 23.5 Å². The molecule has 0 amide bonds. The number of hydrogen-bond donors (Lipinski definition) is 1. The van der Waals surface area contributed by atoms with E-state index < -0.39 is 0 Å². The molecular weight excluding hydrogens is 178 g/mol. The van der Waals surface area contributed by atoms with Crippen molar-refractivity contribution in [2.24, 2.45) is 0 Å². The van der Waals surface area contributed by atoms with Crippen LogP contribution in [0, 0.1) is 6.92 Å². The van der Waals surface area contributed by atoms with E-state index in [9.17, 15) is 4.79 Å². The summed E-state index contributed by atoms with van der Waals surface area (Å²) in [5.41, 5.74) is 2.28. The van der Waals surface area contributed by atoms with Gasteiger partial charge in [0.2, 0.25) is 0 Å². The summed E-state index contributed by atoms with van der Waals surface area (Å²) in [6.07, 6.45) is 3.09. The fraction of sp³-hybridized carbons (Fsp3) is 0.100. The number of rotatable bonds is 1. The van der Waals surface area contributed by atoms with Gasteiger partial charge in [-0.05, 0) is 19.1 Å². The monoisotopic (exact) mass is 187 g/mol. The molecule has 0 aromatic carbocycles. The second kappa shape index (κ2) is 3.41. The van der Waals surface area contributed by atoms with Crippen LogP contribution < -0.4 is 5.56 Å². The Morgan fingerprint density at radius 2 is 2.14 bits per heavy atom. The maximum absolute atomic E-state index is 11.0. The Balaban J connectivity index is 2.50. The molecule has 0 aliphatic rings. The van der Waals surface area contributed by atoms with Crippen LogP contribution in [0.4, 0.5) is 0 Å². The standard InChI is InChI=1S/C10H9N3O/c1-7-2-3-8(5-11-7)9-4-10(14)13-6-12-9/h2-6H,1H3,(H,12,13,14). The quantitative estimate of drug-likeness (QED) is 0.728. The summed E-state index contributed by atoms with van der Waals surface area (Å²) in [6.45, 7) is 1.91. The highest BCUT2D eigenvalue weighted by Crippen LogP contribution is 2.12. The highest BCUT2D eigenvalue weighted by Gasteiger charge is 1.99. The summed E-state index contributed by atoms with van der Waals surface area (Å²) in [7, 11) is 0. The molecule has 0 bridgehead atoms. The fourth-order valence-electron chi connectivity index (χ4n) is 1.15. The Morgan fingerprint density at radius 1 is 1.29 bits per heavy atom. The van der Waals surface area contributed by atoms with Crippen molar-refractivity contribution in [1.82, 2.24) is 15.0 Å². The molecule has 0 atom stereocenters. The van der Waals surface area contributed by atoms with E-state index in [4.69, 9.17) is 0 Å². The number of hydrogen-bond acceptors (Lipinski definition) is 3. The topological polar surface area (TPSA) is 58.6 Å². The highest BCUT2D eigenvalue weighted by atomic mass is 16.1. The molecule has 2 aromatic rings. The van der Waals surface area contributed by atoms with Crippen molar-refractivity contribution >= 4 is 0 Å². The fourth-order valence-corrected chi connectivity index (χ4v) is 1.15. The minimum atomic E-state index is -0.157. The van der Waals surface area contributed by atoms with E-state index in [0.717, 1.165) is 11.3 Å². The molecule has 4 nitrogen and oxygen atoms in total. The first kappa shape index (κ1) is 8.62. The molecular formula is C10H9N3O. The first-order chi connectivity index (χ1) is 6.75. The maximum atomic E-state index is 11.0. The predicted molar refractivity (Wildman–Crippen MR) is 52.8 cm³/mol. The first-order valence-corrected chi connectivity index (χ1v) is 4.23. The number of aromatic nitrogens is 3. The van der Waals surface area contributed by atoms with Gasteiger partial charge < -0.3 is 4.98 Å². The van der Waals surface area contributed by atoms with Crippen LogP contribution in [0.3, 0.4) is 0 Å². The molecule has 0 spiro atoms. The number of pyridine rings is 1. The summed E-state index contributed by atoms with van der Waals surface area (Å²) in [4.78, 5) is 21.7. The first-order valence-electron chi connectivity index (χ1n) is 4.23. The lowest BCUT2D eigenvalue weighted by Gasteiger charge is -1.98. The molecule has 0 aliphatic carbocycles. The zero-order valence-corrected chi connectivity index (χ0v) is 7.69.